The lowest BCUT2D eigenvalue weighted by atomic mass is 10.3. The van der Waals surface area contributed by atoms with E-state index in [1.165, 1.54) is 0 Å². The zero-order valence-corrected chi connectivity index (χ0v) is 8.51. The third-order valence-electron chi connectivity index (χ3n) is 1.84. The van der Waals surface area contributed by atoms with Crippen LogP contribution in [0.15, 0.2) is 6.20 Å². The van der Waals surface area contributed by atoms with Crippen molar-refractivity contribution in [3.05, 3.63) is 16.3 Å². The van der Waals surface area contributed by atoms with Gasteiger partial charge in [-0.2, -0.15) is 4.98 Å². The van der Waals surface area contributed by atoms with Gasteiger partial charge in [0.05, 0.1) is 11.0 Å². The van der Waals surface area contributed by atoms with Crippen molar-refractivity contribution in [3.63, 3.8) is 0 Å². The van der Waals surface area contributed by atoms with Crippen LogP contribution in [-0.2, 0) is 0 Å². The molecule has 0 aliphatic carbocycles. The highest BCUT2D eigenvalue weighted by atomic mass is 16.6. The number of rotatable bonds is 4. The molecule has 0 aliphatic heterocycles. The van der Waals surface area contributed by atoms with E-state index in [0.717, 1.165) is 12.6 Å². The molecule has 7 heteroatoms. The van der Waals surface area contributed by atoms with Gasteiger partial charge in [0.15, 0.2) is 0 Å². The Labute approximate surface area is 86.4 Å². The number of anilines is 1. The molecule has 0 fully saturated rings. The number of hydrogen-bond acceptors (Lipinski definition) is 6. The highest BCUT2D eigenvalue weighted by Crippen LogP contribution is 2.24. The number of nitrogens with two attached hydrogens (primary N) is 1. The Kier molecular flexibility index (Phi) is 3.37. The number of hydrogen-bond donors (Lipinski definition) is 1. The van der Waals surface area contributed by atoms with Gasteiger partial charge in [-0.3, -0.25) is 10.1 Å². The van der Waals surface area contributed by atoms with Crippen LogP contribution in [0.5, 0.6) is 5.88 Å². The molecule has 0 bridgehead atoms. The number of ether oxygens (including phenoxy) is 1. The van der Waals surface area contributed by atoms with Gasteiger partial charge >= 0.3 is 5.69 Å². The Morgan fingerprint density at radius 1 is 1.73 bits per heavy atom. The van der Waals surface area contributed by atoms with Crippen molar-refractivity contribution in [2.45, 2.75) is 26.4 Å². The van der Waals surface area contributed by atoms with Crippen LogP contribution in [0.2, 0.25) is 0 Å². The van der Waals surface area contributed by atoms with Crippen molar-refractivity contribution in [1.82, 2.24) is 9.97 Å². The number of nitro groups is 1. The van der Waals surface area contributed by atoms with Gasteiger partial charge in [0.25, 0.3) is 5.88 Å². The van der Waals surface area contributed by atoms with Crippen LogP contribution in [0.3, 0.4) is 0 Å². The molecule has 2 N–H and O–H groups in total. The lowest BCUT2D eigenvalue weighted by Crippen LogP contribution is -2.13. The highest BCUT2D eigenvalue weighted by Gasteiger charge is 2.19. The molecule has 0 amide bonds. The average molecular weight is 212 g/mol. The van der Waals surface area contributed by atoms with E-state index < -0.39 is 4.92 Å². The van der Waals surface area contributed by atoms with Gasteiger partial charge in [-0.05, 0) is 13.3 Å². The minimum atomic E-state index is -0.600. The minimum Gasteiger partial charge on any atom is -0.470 e. The van der Waals surface area contributed by atoms with Gasteiger partial charge in [-0.15, -0.1) is 0 Å². The second-order valence-electron chi connectivity index (χ2n) is 3.01. The largest absolute Gasteiger partial charge is 0.470 e. The van der Waals surface area contributed by atoms with E-state index >= 15 is 0 Å². The Bertz CT molecular complexity index is 369. The SMILES string of the molecule is CCC(C)Oc1nc(N)ncc1[N+](=O)[O-]. The van der Waals surface area contributed by atoms with Gasteiger partial charge in [-0.25, -0.2) is 4.98 Å². The minimum absolute atomic E-state index is 0.0427. The zero-order chi connectivity index (χ0) is 11.4. The topological polar surface area (TPSA) is 104 Å². The van der Waals surface area contributed by atoms with E-state index in [0.29, 0.717) is 0 Å². The maximum atomic E-state index is 10.6. The normalized spacial score (nSPS) is 12.1. The predicted octanol–water partition coefficient (Wildman–Crippen LogP) is 1.14. The predicted molar refractivity (Wildman–Crippen MR) is 53.5 cm³/mol. The lowest BCUT2D eigenvalue weighted by molar-refractivity contribution is -0.386. The first kappa shape index (κ1) is 11.2. The summed E-state index contributed by atoms with van der Waals surface area (Å²) in [6.45, 7) is 3.70. The molecule has 82 valence electrons. The van der Waals surface area contributed by atoms with E-state index in [1.807, 2.05) is 6.92 Å². The maximum absolute atomic E-state index is 10.6. The lowest BCUT2D eigenvalue weighted by Gasteiger charge is -2.11. The standard InChI is InChI=1S/C8H12N4O3/c1-3-5(2)15-7-6(12(13)14)4-10-8(9)11-7/h4-5H,3H2,1-2H3,(H2,9,10,11). The van der Waals surface area contributed by atoms with E-state index in [9.17, 15) is 10.1 Å². The molecule has 0 spiro atoms. The van der Waals surface area contributed by atoms with Crippen LogP contribution in [-0.4, -0.2) is 21.0 Å². The fourth-order valence-electron chi connectivity index (χ4n) is 0.859. The van der Waals surface area contributed by atoms with E-state index in [1.54, 1.807) is 6.92 Å². The van der Waals surface area contributed by atoms with E-state index in [2.05, 4.69) is 9.97 Å². The summed E-state index contributed by atoms with van der Waals surface area (Å²) >= 11 is 0. The monoisotopic (exact) mass is 212 g/mol. The summed E-state index contributed by atoms with van der Waals surface area (Å²) in [6, 6.07) is 0. The van der Waals surface area contributed by atoms with Crippen LogP contribution in [0, 0.1) is 10.1 Å². The van der Waals surface area contributed by atoms with Crippen molar-refractivity contribution >= 4 is 11.6 Å². The van der Waals surface area contributed by atoms with Crippen molar-refractivity contribution in [2.75, 3.05) is 5.73 Å². The number of nitrogens with zero attached hydrogens (tertiary/aromatic N) is 3. The molecule has 1 atom stereocenters. The van der Waals surface area contributed by atoms with Crippen molar-refractivity contribution in [1.29, 1.82) is 0 Å². The molecule has 0 saturated carbocycles. The fourth-order valence-corrected chi connectivity index (χ4v) is 0.859. The van der Waals surface area contributed by atoms with Crippen LogP contribution in [0.25, 0.3) is 0 Å². The molecule has 1 rings (SSSR count). The Hall–Kier alpha value is -1.92. The first-order chi connectivity index (χ1) is 7.04. The first-order valence-corrected chi connectivity index (χ1v) is 4.48. The third kappa shape index (κ3) is 2.76. The summed E-state index contributed by atoms with van der Waals surface area (Å²) in [6.07, 6.45) is 1.61. The van der Waals surface area contributed by atoms with E-state index in [-0.39, 0.29) is 23.6 Å². The zero-order valence-electron chi connectivity index (χ0n) is 8.51. The summed E-state index contributed by atoms with van der Waals surface area (Å²) in [5.41, 5.74) is 5.05. The smallest absolute Gasteiger partial charge is 0.349 e. The van der Waals surface area contributed by atoms with E-state index in [4.69, 9.17) is 10.5 Å². The summed E-state index contributed by atoms with van der Waals surface area (Å²) < 4.78 is 5.26. The van der Waals surface area contributed by atoms with Crippen molar-refractivity contribution in [2.24, 2.45) is 0 Å². The fraction of sp³-hybridized carbons (Fsp3) is 0.500. The molecule has 15 heavy (non-hydrogen) atoms. The molecule has 7 nitrogen and oxygen atoms in total. The molecule has 1 aromatic heterocycles. The van der Waals surface area contributed by atoms with Crippen LogP contribution < -0.4 is 10.5 Å². The van der Waals surface area contributed by atoms with Gasteiger partial charge in [0.1, 0.15) is 6.20 Å². The summed E-state index contributed by atoms with van der Waals surface area (Å²) in [7, 11) is 0. The summed E-state index contributed by atoms with van der Waals surface area (Å²) in [5.74, 6) is -0.124. The second kappa shape index (κ2) is 4.54. The Morgan fingerprint density at radius 2 is 2.40 bits per heavy atom. The molecule has 0 saturated heterocycles. The summed E-state index contributed by atoms with van der Waals surface area (Å²) in [5, 5.41) is 10.6. The molecule has 0 aromatic carbocycles. The summed E-state index contributed by atoms with van der Waals surface area (Å²) in [4.78, 5) is 17.2. The molecule has 1 aromatic rings. The molecular formula is C8H12N4O3. The molecule has 1 heterocycles. The quantitative estimate of drug-likeness (QED) is 0.592. The molecular weight excluding hydrogens is 200 g/mol. The molecule has 0 radical (unpaired) electrons. The highest BCUT2D eigenvalue weighted by molar-refractivity contribution is 5.41. The maximum Gasteiger partial charge on any atom is 0.349 e. The van der Waals surface area contributed by atoms with Gasteiger partial charge in [0.2, 0.25) is 5.95 Å². The number of aromatic nitrogens is 2. The van der Waals surface area contributed by atoms with Gasteiger partial charge in [-0.1, -0.05) is 6.92 Å². The molecule has 0 aliphatic rings. The van der Waals surface area contributed by atoms with Gasteiger partial charge in [0, 0.05) is 0 Å². The Balaban J connectivity index is 3.02. The molecule has 1 unspecified atom stereocenters. The van der Waals surface area contributed by atoms with Gasteiger partial charge < -0.3 is 10.5 Å². The number of nitrogen functional groups attached to an aromatic ring is 1. The third-order valence-corrected chi connectivity index (χ3v) is 1.84. The average Bonchev–Trinajstić information content (AvgIpc) is 2.17. The van der Waals surface area contributed by atoms with Crippen molar-refractivity contribution < 1.29 is 9.66 Å². The Morgan fingerprint density at radius 3 is 2.93 bits per heavy atom. The van der Waals surface area contributed by atoms with Crippen molar-refractivity contribution in [3.8, 4) is 5.88 Å². The first-order valence-electron chi connectivity index (χ1n) is 4.48. The van der Waals surface area contributed by atoms with Crippen LogP contribution >= 0.6 is 0 Å². The second-order valence-corrected chi connectivity index (χ2v) is 3.01. The van der Waals surface area contributed by atoms with Crippen LogP contribution in [0.1, 0.15) is 20.3 Å². The van der Waals surface area contributed by atoms with Crippen LogP contribution in [0.4, 0.5) is 11.6 Å².